The second kappa shape index (κ2) is 4.44. The Morgan fingerprint density at radius 1 is 1.59 bits per heavy atom. The van der Waals surface area contributed by atoms with Gasteiger partial charge in [0, 0.05) is 19.6 Å². The van der Waals surface area contributed by atoms with Crippen LogP contribution in [-0.4, -0.2) is 71.6 Å². The molecule has 6 nitrogen and oxygen atoms in total. The fourth-order valence-corrected chi connectivity index (χ4v) is 2.37. The number of piperazine rings is 1. The van der Waals surface area contributed by atoms with Crippen molar-refractivity contribution in [2.45, 2.75) is 18.5 Å². The zero-order valence-electron chi connectivity index (χ0n) is 8.97. The highest BCUT2D eigenvalue weighted by Crippen LogP contribution is 2.25. The molecule has 2 heterocycles. The molecule has 2 amide bonds. The number of carbonyl (C=O) groups excluding carboxylic acids is 1. The van der Waals surface area contributed by atoms with E-state index in [1.165, 1.54) is 4.90 Å². The van der Waals surface area contributed by atoms with Crippen LogP contribution in [0.25, 0.3) is 0 Å². The lowest BCUT2D eigenvalue weighted by molar-refractivity contribution is -0.142. The van der Waals surface area contributed by atoms with Crippen molar-refractivity contribution in [2.75, 3.05) is 26.2 Å². The van der Waals surface area contributed by atoms with Gasteiger partial charge in [-0.15, -0.1) is 0 Å². The number of halogens is 2. The second-order valence-electron chi connectivity index (χ2n) is 4.07. The molecule has 8 heteroatoms. The minimum absolute atomic E-state index is 0.322. The van der Waals surface area contributed by atoms with Crippen molar-refractivity contribution in [1.82, 2.24) is 15.1 Å². The number of alkyl halides is 2. The Bertz CT molecular complexity index is 339. The van der Waals surface area contributed by atoms with E-state index in [1.54, 1.807) is 0 Å². The van der Waals surface area contributed by atoms with E-state index < -0.39 is 37.1 Å². The number of aliphatic carboxylic acids is 1. The molecule has 0 aromatic rings. The number of carbonyl (C=O) groups is 2. The van der Waals surface area contributed by atoms with Gasteiger partial charge in [0.05, 0.1) is 12.6 Å². The molecule has 0 aromatic carbocycles. The monoisotopic (exact) mass is 249 g/mol. The maximum atomic E-state index is 12.4. The molecule has 2 fully saturated rings. The number of rotatable bonds is 3. The summed E-state index contributed by atoms with van der Waals surface area (Å²) < 4.78 is 24.7. The Labute approximate surface area is 96.2 Å². The number of hydrogen-bond donors (Lipinski definition) is 2. The van der Waals surface area contributed by atoms with Gasteiger partial charge < -0.3 is 20.2 Å². The molecule has 2 aliphatic heterocycles. The van der Waals surface area contributed by atoms with Crippen LogP contribution in [0, 0.1) is 0 Å². The Hall–Kier alpha value is -1.44. The van der Waals surface area contributed by atoms with E-state index in [2.05, 4.69) is 5.32 Å². The first-order chi connectivity index (χ1) is 8.02. The van der Waals surface area contributed by atoms with Crippen LogP contribution in [0.3, 0.4) is 0 Å². The molecule has 0 radical (unpaired) electrons. The number of carboxylic acids is 1. The third kappa shape index (κ3) is 2.04. The number of nitrogens with zero attached hydrogens (tertiary/aromatic N) is 2. The number of amides is 2. The molecule has 2 N–H and O–H groups in total. The topological polar surface area (TPSA) is 72.9 Å². The largest absolute Gasteiger partial charge is 0.480 e. The van der Waals surface area contributed by atoms with Crippen molar-refractivity contribution < 1.29 is 23.5 Å². The van der Waals surface area contributed by atoms with E-state index in [4.69, 9.17) is 5.11 Å². The van der Waals surface area contributed by atoms with Crippen molar-refractivity contribution in [3.8, 4) is 0 Å². The maximum absolute atomic E-state index is 12.4. The van der Waals surface area contributed by atoms with E-state index in [0.29, 0.717) is 19.6 Å². The van der Waals surface area contributed by atoms with E-state index in [-0.39, 0.29) is 0 Å². The van der Waals surface area contributed by atoms with E-state index in [0.717, 1.165) is 4.90 Å². The summed E-state index contributed by atoms with van der Waals surface area (Å²) in [5.41, 5.74) is 0. The molecule has 2 aliphatic rings. The summed E-state index contributed by atoms with van der Waals surface area (Å²) in [5.74, 6) is -1.24. The first-order valence-corrected chi connectivity index (χ1v) is 5.31. The highest BCUT2D eigenvalue weighted by Gasteiger charge is 2.50. The molecule has 0 aromatic heterocycles. The summed E-state index contributed by atoms with van der Waals surface area (Å²) in [6, 6.07) is -2.36. The maximum Gasteiger partial charge on any atom is 0.328 e. The van der Waals surface area contributed by atoms with Gasteiger partial charge in [0.25, 0.3) is 6.43 Å². The average Bonchev–Trinajstić information content (AvgIpc) is 2.52. The molecule has 2 unspecified atom stereocenters. The van der Waals surface area contributed by atoms with Crippen molar-refractivity contribution in [3.63, 3.8) is 0 Å². The summed E-state index contributed by atoms with van der Waals surface area (Å²) in [6.07, 6.45) is -2.73. The van der Waals surface area contributed by atoms with Crippen molar-refractivity contribution in [1.29, 1.82) is 0 Å². The van der Waals surface area contributed by atoms with Crippen LogP contribution >= 0.6 is 0 Å². The highest BCUT2D eigenvalue weighted by molar-refractivity contribution is 5.88. The van der Waals surface area contributed by atoms with Gasteiger partial charge in [-0.1, -0.05) is 0 Å². The van der Waals surface area contributed by atoms with Crippen molar-refractivity contribution in [3.05, 3.63) is 0 Å². The van der Waals surface area contributed by atoms with Crippen LogP contribution in [0.15, 0.2) is 0 Å². The summed E-state index contributed by atoms with van der Waals surface area (Å²) in [7, 11) is 0. The predicted molar refractivity (Wildman–Crippen MR) is 52.9 cm³/mol. The summed E-state index contributed by atoms with van der Waals surface area (Å²) in [6.45, 7) is 0.398. The van der Waals surface area contributed by atoms with Crippen LogP contribution in [0.5, 0.6) is 0 Å². The van der Waals surface area contributed by atoms with Crippen LogP contribution in [0.2, 0.25) is 0 Å². The van der Waals surface area contributed by atoms with Gasteiger partial charge in [-0.25, -0.2) is 18.4 Å². The van der Waals surface area contributed by atoms with E-state index in [9.17, 15) is 18.4 Å². The zero-order valence-corrected chi connectivity index (χ0v) is 8.97. The second-order valence-corrected chi connectivity index (χ2v) is 4.07. The lowest BCUT2D eigenvalue weighted by Gasteiger charge is -2.30. The molecule has 2 rings (SSSR count). The molecule has 2 saturated heterocycles. The van der Waals surface area contributed by atoms with Gasteiger partial charge in [0.2, 0.25) is 0 Å². The summed E-state index contributed by atoms with van der Waals surface area (Å²) in [5, 5.41) is 12.0. The first-order valence-electron chi connectivity index (χ1n) is 5.31. The highest BCUT2D eigenvalue weighted by atomic mass is 19.3. The number of hydrogen-bond acceptors (Lipinski definition) is 3. The zero-order chi connectivity index (χ0) is 12.6. The van der Waals surface area contributed by atoms with Gasteiger partial charge in [0.1, 0.15) is 0 Å². The Morgan fingerprint density at radius 3 is 2.88 bits per heavy atom. The van der Waals surface area contributed by atoms with Crippen molar-refractivity contribution in [2.24, 2.45) is 0 Å². The Kier molecular flexibility index (Phi) is 3.14. The Balaban J connectivity index is 2.23. The van der Waals surface area contributed by atoms with Gasteiger partial charge >= 0.3 is 12.0 Å². The van der Waals surface area contributed by atoms with Crippen LogP contribution < -0.4 is 5.32 Å². The minimum atomic E-state index is -2.73. The number of urea groups is 1. The van der Waals surface area contributed by atoms with Crippen molar-refractivity contribution >= 4 is 12.0 Å². The van der Waals surface area contributed by atoms with Crippen LogP contribution in [0.4, 0.5) is 13.6 Å². The lowest BCUT2D eigenvalue weighted by Crippen LogP contribution is -2.54. The first kappa shape index (κ1) is 12.0. The smallest absolute Gasteiger partial charge is 0.328 e. The Morgan fingerprint density at radius 2 is 2.29 bits per heavy atom. The van der Waals surface area contributed by atoms with Crippen LogP contribution in [0.1, 0.15) is 0 Å². The molecule has 0 aliphatic carbocycles. The predicted octanol–water partition coefficient (Wildman–Crippen LogP) is -0.586. The van der Waals surface area contributed by atoms with E-state index >= 15 is 0 Å². The fourth-order valence-electron chi connectivity index (χ4n) is 2.37. The van der Waals surface area contributed by atoms with Gasteiger partial charge in [-0.3, -0.25) is 0 Å². The average molecular weight is 249 g/mol. The number of carboxylic acid groups (broad SMARTS) is 1. The van der Waals surface area contributed by atoms with E-state index in [1.807, 2.05) is 0 Å². The minimum Gasteiger partial charge on any atom is -0.480 e. The fraction of sp³-hybridized carbons (Fsp3) is 0.778. The summed E-state index contributed by atoms with van der Waals surface area (Å²) in [4.78, 5) is 25.0. The number of fused-ring (bicyclic) bond motifs is 1. The normalized spacial score (nSPS) is 28.8. The third-order valence-electron chi connectivity index (χ3n) is 3.06. The molecular formula is C9H13F2N3O3. The molecular weight excluding hydrogens is 236 g/mol. The van der Waals surface area contributed by atoms with Gasteiger partial charge in [-0.2, -0.15) is 0 Å². The molecule has 0 spiro atoms. The van der Waals surface area contributed by atoms with Gasteiger partial charge in [-0.05, 0) is 0 Å². The SMILES string of the molecule is O=C(O)C1C2CNCCN2C(=O)N1CC(F)F. The number of nitrogens with one attached hydrogen (secondary N) is 1. The molecule has 0 saturated carbocycles. The molecule has 96 valence electrons. The summed E-state index contributed by atoms with van der Waals surface area (Å²) >= 11 is 0. The van der Waals surface area contributed by atoms with Crippen LogP contribution in [-0.2, 0) is 4.79 Å². The quantitative estimate of drug-likeness (QED) is 0.701. The molecule has 2 atom stereocenters. The molecule has 17 heavy (non-hydrogen) atoms. The van der Waals surface area contributed by atoms with Gasteiger partial charge in [0.15, 0.2) is 6.04 Å². The third-order valence-corrected chi connectivity index (χ3v) is 3.06. The molecule has 0 bridgehead atoms. The standard InChI is InChI=1S/C9H13F2N3O3/c10-6(11)4-14-7(8(15)16)5-3-12-1-2-13(5)9(14)17/h5-7,12H,1-4H2,(H,15,16). The lowest BCUT2D eigenvalue weighted by atomic mass is 10.1.